The second kappa shape index (κ2) is 12.4. The van der Waals surface area contributed by atoms with Crippen LogP contribution in [0.1, 0.15) is 24.3 Å². The molecule has 2 atom stereocenters. The predicted octanol–water partition coefficient (Wildman–Crippen LogP) is 11.7. The summed E-state index contributed by atoms with van der Waals surface area (Å²) in [5.41, 5.74) is 9.86. The molecule has 0 spiro atoms. The van der Waals surface area contributed by atoms with Crippen molar-refractivity contribution in [3.63, 3.8) is 0 Å². The summed E-state index contributed by atoms with van der Waals surface area (Å²) in [5.74, 6) is 0.753. The van der Waals surface area contributed by atoms with Crippen LogP contribution in [-0.2, 0) is 0 Å². The van der Waals surface area contributed by atoms with E-state index in [0.717, 1.165) is 24.2 Å². The molecule has 0 heterocycles. The summed E-state index contributed by atoms with van der Waals surface area (Å²) in [4.78, 5) is 4.80. The Kier molecular flexibility index (Phi) is 7.54. The summed E-state index contributed by atoms with van der Waals surface area (Å²) >= 11 is 0. The lowest BCUT2D eigenvalue weighted by atomic mass is 9.85. The molecule has 0 bridgehead atoms. The van der Waals surface area contributed by atoms with E-state index in [1.807, 2.05) is 0 Å². The fourth-order valence-corrected chi connectivity index (χ4v) is 7.00. The van der Waals surface area contributed by atoms with Crippen LogP contribution in [-0.4, -0.2) is 0 Å². The van der Waals surface area contributed by atoms with E-state index in [-0.39, 0.29) is 0 Å². The number of allylic oxidation sites excluding steroid dienone is 10. The van der Waals surface area contributed by atoms with Gasteiger partial charge in [-0.3, -0.25) is 0 Å². The first kappa shape index (κ1) is 27.9. The lowest BCUT2D eigenvalue weighted by Crippen LogP contribution is -2.25. The predicted molar refractivity (Wildman–Crippen MR) is 195 cm³/mol. The van der Waals surface area contributed by atoms with Gasteiger partial charge in [0.1, 0.15) is 0 Å². The van der Waals surface area contributed by atoms with Crippen molar-refractivity contribution in [1.29, 1.82) is 0 Å². The second-order valence-electron chi connectivity index (χ2n) is 12.1. The van der Waals surface area contributed by atoms with Crippen LogP contribution < -0.4 is 9.80 Å². The molecule has 0 saturated heterocycles. The fourth-order valence-electron chi connectivity index (χ4n) is 7.00. The molecule has 2 heteroatoms. The molecule has 3 aliphatic rings. The van der Waals surface area contributed by atoms with Gasteiger partial charge in [0.2, 0.25) is 0 Å². The van der Waals surface area contributed by atoms with Crippen LogP contribution in [0.4, 0.5) is 22.7 Å². The topological polar surface area (TPSA) is 6.48 Å². The average molecular weight is 593 g/mol. The summed E-state index contributed by atoms with van der Waals surface area (Å²) in [6.07, 6.45) is 22.7. The number of benzene rings is 5. The zero-order valence-electron chi connectivity index (χ0n) is 25.8. The lowest BCUT2D eigenvalue weighted by Gasteiger charge is -2.34. The molecule has 0 aliphatic heterocycles. The molecule has 0 saturated carbocycles. The quantitative estimate of drug-likeness (QED) is 0.185. The highest BCUT2D eigenvalue weighted by atomic mass is 15.2. The minimum absolute atomic E-state index is 0.322. The van der Waals surface area contributed by atoms with Gasteiger partial charge in [-0.15, -0.1) is 0 Å². The smallest absolute Gasteiger partial charge is 0.0540 e. The second-order valence-corrected chi connectivity index (χ2v) is 12.1. The molecule has 0 amide bonds. The standard InChI is InChI=1S/C44H36N2/c1-3-17-37(18-4-1)45(43-23-11-15-35-13-7-9-21-41(35)43)39-29-25-33(26-30-39)34-27-31-40(32-28-34)46(38-19-5-2-6-20-38)44-24-12-16-36-14-8-10-22-42(36)44/h1-15,17-27,29-32,34,36H,16,28H2. The van der Waals surface area contributed by atoms with Gasteiger partial charge in [0, 0.05) is 45.7 Å². The Balaban J connectivity index is 1.10. The molecule has 0 radical (unpaired) electrons. The highest BCUT2D eigenvalue weighted by Gasteiger charge is 2.25. The minimum Gasteiger partial charge on any atom is -0.311 e. The van der Waals surface area contributed by atoms with E-state index < -0.39 is 0 Å². The van der Waals surface area contributed by atoms with E-state index >= 15 is 0 Å². The van der Waals surface area contributed by atoms with Gasteiger partial charge in [-0.25, -0.2) is 0 Å². The van der Waals surface area contributed by atoms with Gasteiger partial charge in [-0.05, 0) is 84.0 Å². The summed E-state index contributed by atoms with van der Waals surface area (Å²) in [7, 11) is 0. The molecule has 2 nitrogen and oxygen atoms in total. The maximum absolute atomic E-state index is 2.43. The average Bonchev–Trinajstić information content (AvgIpc) is 3.14. The molecule has 0 aromatic heterocycles. The minimum atomic E-state index is 0.322. The van der Waals surface area contributed by atoms with Crippen LogP contribution in [0.2, 0.25) is 0 Å². The zero-order valence-corrected chi connectivity index (χ0v) is 25.8. The maximum Gasteiger partial charge on any atom is 0.0540 e. The number of hydrogen-bond donors (Lipinski definition) is 0. The van der Waals surface area contributed by atoms with Crippen molar-refractivity contribution in [2.45, 2.75) is 18.8 Å². The SMILES string of the molecule is C1=CC2=C(N(C3=CCC(c4ccc(N(c5ccccc5)c5cccc6ccccc56)cc4)C=C3)c3ccccc3)C=CCC2C=C1. The zero-order chi connectivity index (χ0) is 30.7. The Morgan fingerprint density at radius 1 is 0.500 bits per heavy atom. The molecular formula is C44H36N2. The molecule has 2 unspecified atom stereocenters. The van der Waals surface area contributed by atoms with Crippen molar-refractivity contribution in [3.05, 3.63) is 205 Å². The largest absolute Gasteiger partial charge is 0.311 e. The van der Waals surface area contributed by atoms with E-state index in [2.05, 4.69) is 192 Å². The van der Waals surface area contributed by atoms with E-state index in [1.54, 1.807) is 0 Å². The van der Waals surface area contributed by atoms with Crippen molar-refractivity contribution in [3.8, 4) is 0 Å². The normalized spacial score (nSPS) is 18.4. The molecule has 5 aromatic rings. The third-order valence-electron chi connectivity index (χ3n) is 9.29. The van der Waals surface area contributed by atoms with Crippen LogP contribution in [0.3, 0.4) is 0 Å². The number of hydrogen-bond acceptors (Lipinski definition) is 2. The lowest BCUT2D eigenvalue weighted by molar-refractivity contribution is 0.759. The molecule has 3 aliphatic carbocycles. The van der Waals surface area contributed by atoms with Gasteiger partial charge in [-0.1, -0.05) is 127 Å². The van der Waals surface area contributed by atoms with Gasteiger partial charge in [0.15, 0.2) is 0 Å². The van der Waals surface area contributed by atoms with Crippen molar-refractivity contribution in [2.75, 3.05) is 9.80 Å². The van der Waals surface area contributed by atoms with E-state index in [4.69, 9.17) is 0 Å². The Bertz CT molecular complexity index is 2040. The summed E-state index contributed by atoms with van der Waals surface area (Å²) in [6, 6.07) is 45.8. The number of fused-ring (bicyclic) bond motifs is 2. The highest BCUT2D eigenvalue weighted by Crippen LogP contribution is 2.41. The Morgan fingerprint density at radius 2 is 1.20 bits per heavy atom. The number of anilines is 4. The van der Waals surface area contributed by atoms with Gasteiger partial charge >= 0.3 is 0 Å². The van der Waals surface area contributed by atoms with Crippen LogP contribution >= 0.6 is 0 Å². The Hall–Kier alpha value is -5.60. The van der Waals surface area contributed by atoms with Crippen molar-refractivity contribution in [1.82, 2.24) is 0 Å². The number of nitrogens with zero attached hydrogens (tertiary/aromatic N) is 2. The Labute approximate surface area is 271 Å². The molecular weight excluding hydrogens is 556 g/mol. The molecule has 8 rings (SSSR count). The van der Waals surface area contributed by atoms with Crippen LogP contribution in [0.15, 0.2) is 199 Å². The summed E-state index contributed by atoms with van der Waals surface area (Å²) in [6.45, 7) is 0. The summed E-state index contributed by atoms with van der Waals surface area (Å²) < 4.78 is 0. The molecule has 46 heavy (non-hydrogen) atoms. The van der Waals surface area contributed by atoms with Crippen LogP contribution in [0, 0.1) is 5.92 Å². The molecule has 0 fully saturated rings. The molecule has 222 valence electrons. The van der Waals surface area contributed by atoms with Gasteiger partial charge in [-0.2, -0.15) is 0 Å². The first-order valence-corrected chi connectivity index (χ1v) is 16.3. The van der Waals surface area contributed by atoms with E-state index in [1.165, 1.54) is 44.7 Å². The maximum atomic E-state index is 2.43. The van der Waals surface area contributed by atoms with Gasteiger partial charge in [0.25, 0.3) is 0 Å². The summed E-state index contributed by atoms with van der Waals surface area (Å²) in [5, 5.41) is 2.48. The van der Waals surface area contributed by atoms with Crippen LogP contribution in [0.5, 0.6) is 0 Å². The fraction of sp³-hybridized carbons (Fsp3) is 0.0909. The van der Waals surface area contributed by atoms with E-state index in [0.29, 0.717) is 11.8 Å². The third kappa shape index (κ3) is 5.33. The molecule has 0 N–H and O–H groups in total. The van der Waals surface area contributed by atoms with Crippen molar-refractivity contribution >= 4 is 33.5 Å². The molecule has 5 aromatic carbocycles. The van der Waals surface area contributed by atoms with Crippen molar-refractivity contribution < 1.29 is 0 Å². The Morgan fingerprint density at radius 3 is 1.96 bits per heavy atom. The van der Waals surface area contributed by atoms with E-state index in [9.17, 15) is 0 Å². The van der Waals surface area contributed by atoms with Gasteiger partial charge in [0.05, 0.1) is 5.69 Å². The van der Waals surface area contributed by atoms with Crippen LogP contribution in [0.25, 0.3) is 10.8 Å². The number of para-hydroxylation sites is 2. The first-order chi connectivity index (χ1) is 22.8. The van der Waals surface area contributed by atoms with Gasteiger partial charge < -0.3 is 9.80 Å². The first-order valence-electron chi connectivity index (χ1n) is 16.3. The number of rotatable bonds is 7. The highest BCUT2D eigenvalue weighted by molar-refractivity contribution is 5.98. The third-order valence-corrected chi connectivity index (χ3v) is 9.29. The monoisotopic (exact) mass is 592 g/mol. The van der Waals surface area contributed by atoms with Crippen molar-refractivity contribution in [2.24, 2.45) is 5.92 Å².